The number of aromatic nitrogens is 1. The molecule has 1 fully saturated rings. The smallest absolute Gasteiger partial charge is 0.310 e. The SMILES string of the molecule is Cc1ncccc1NC(=O)CC1(C(=O)O)CCCCCC1. The molecule has 0 radical (unpaired) electrons. The summed E-state index contributed by atoms with van der Waals surface area (Å²) in [6.07, 6.45) is 6.74. The zero-order valence-electron chi connectivity index (χ0n) is 12.4. The fourth-order valence-corrected chi connectivity index (χ4v) is 2.99. The summed E-state index contributed by atoms with van der Waals surface area (Å²) in [6, 6.07) is 3.53. The van der Waals surface area contributed by atoms with Crippen molar-refractivity contribution in [2.45, 2.75) is 51.9 Å². The minimum atomic E-state index is -0.906. The quantitative estimate of drug-likeness (QED) is 0.835. The summed E-state index contributed by atoms with van der Waals surface area (Å²) in [4.78, 5) is 28.1. The summed E-state index contributed by atoms with van der Waals surface area (Å²) in [7, 11) is 0. The number of aliphatic carboxylic acids is 1. The largest absolute Gasteiger partial charge is 0.481 e. The summed E-state index contributed by atoms with van der Waals surface area (Å²) < 4.78 is 0. The fourth-order valence-electron chi connectivity index (χ4n) is 2.99. The number of nitrogens with zero attached hydrogens (tertiary/aromatic N) is 1. The first-order valence-corrected chi connectivity index (χ1v) is 7.48. The number of anilines is 1. The van der Waals surface area contributed by atoms with Crippen molar-refractivity contribution in [1.82, 2.24) is 4.98 Å². The van der Waals surface area contributed by atoms with Crippen molar-refractivity contribution in [2.24, 2.45) is 5.41 Å². The van der Waals surface area contributed by atoms with Crippen LogP contribution in [0.4, 0.5) is 5.69 Å². The van der Waals surface area contributed by atoms with Crippen molar-refractivity contribution in [3.8, 4) is 0 Å². The van der Waals surface area contributed by atoms with Gasteiger partial charge in [-0.3, -0.25) is 14.6 Å². The van der Waals surface area contributed by atoms with Crippen LogP contribution in [0, 0.1) is 12.3 Å². The van der Waals surface area contributed by atoms with Crippen molar-refractivity contribution in [1.29, 1.82) is 0 Å². The van der Waals surface area contributed by atoms with E-state index < -0.39 is 11.4 Å². The van der Waals surface area contributed by atoms with Gasteiger partial charge in [0, 0.05) is 12.6 Å². The van der Waals surface area contributed by atoms with E-state index in [0.29, 0.717) is 18.5 Å². The molecule has 1 aliphatic rings. The third kappa shape index (κ3) is 3.80. The third-order valence-electron chi connectivity index (χ3n) is 4.29. The van der Waals surface area contributed by atoms with Crippen LogP contribution in [0.15, 0.2) is 18.3 Å². The standard InChI is InChI=1S/C16H22N2O3/c1-12-13(7-6-10-17-12)18-14(19)11-16(15(20)21)8-4-2-3-5-9-16/h6-7,10H,2-5,8-9,11H2,1H3,(H,18,19)(H,20,21). The minimum Gasteiger partial charge on any atom is -0.481 e. The second-order valence-corrected chi connectivity index (χ2v) is 5.86. The Labute approximate surface area is 124 Å². The van der Waals surface area contributed by atoms with Crippen LogP contribution in [-0.4, -0.2) is 22.0 Å². The number of amides is 1. The summed E-state index contributed by atoms with van der Waals surface area (Å²) >= 11 is 0. The lowest BCUT2D eigenvalue weighted by Gasteiger charge is -2.27. The van der Waals surface area contributed by atoms with E-state index in [4.69, 9.17) is 0 Å². The molecule has 1 aromatic rings. The molecule has 114 valence electrons. The maximum atomic E-state index is 12.3. The highest BCUT2D eigenvalue weighted by molar-refractivity contribution is 5.94. The van der Waals surface area contributed by atoms with Crippen LogP contribution in [-0.2, 0) is 9.59 Å². The number of nitrogens with one attached hydrogen (secondary N) is 1. The average Bonchev–Trinajstić information content (AvgIpc) is 2.68. The lowest BCUT2D eigenvalue weighted by atomic mass is 9.77. The molecule has 1 amide bonds. The summed E-state index contributed by atoms with van der Waals surface area (Å²) in [5, 5.41) is 12.4. The highest BCUT2D eigenvalue weighted by Gasteiger charge is 2.40. The van der Waals surface area contributed by atoms with Gasteiger partial charge in [0.1, 0.15) is 0 Å². The van der Waals surface area contributed by atoms with E-state index in [9.17, 15) is 14.7 Å². The van der Waals surface area contributed by atoms with Gasteiger partial charge in [-0.05, 0) is 31.9 Å². The molecule has 2 rings (SSSR count). The third-order valence-corrected chi connectivity index (χ3v) is 4.29. The Balaban J connectivity index is 2.08. The lowest BCUT2D eigenvalue weighted by Crippen LogP contribution is -2.35. The molecule has 1 aliphatic carbocycles. The van der Waals surface area contributed by atoms with Gasteiger partial charge in [0.25, 0.3) is 0 Å². The van der Waals surface area contributed by atoms with Crippen molar-refractivity contribution < 1.29 is 14.7 Å². The van der Waals surface area contributed by atoms with Crippen molar-refractivity contribution in [3.63, 3.8) is 0 Å². The van der Waals surface area contributed by atoms with Crippen LogP contribution >= 0.6 is 0 Å². The zero-order valence-corrected chi connectivity index (χ0v) is 12.4. The molecule has 0 unspecified atom stereocenters. The van der Waals surface area contributed by atoms with E-state index in [-0.39, 0.29) is 12.3 Å². The first-order valence-electron chi connectivity index (χ1n) is 7.48. The van der Waals surface area contributed by atoms with E-state index in [1.165, 1.54) is 0 Å². The first kappa shape index (κ1) is 15.5. The zero-order chi connectivity index (χ0) is 15.3. The molecule has 1 aromatic heterocycles. The van der Waals surface area contributed by atoms with Gasteiger partial charge in [-0.25, -0.2) is 0 Å². The number of hydrogen-bond acceptors (Lipinski definition) is 3. The molecule has 0 aliphatic heterocycles. The maximum absolute atomic E-state index is 12.3. The monoisotopic (exact) mass is 290 g/mol. The van der Waals surface area contributed by atoms with Crippen LogP contribution in [0.1, 0.15) is 50.6 Å². The lowest BCUT2D eigenvalue weighted by molar-refractivity contribution is -0.152. The van der Waals surface area contributed by atoms with Gasteiger partial charge < -0.3 is 10.4 Å². The summed E-state index contributed by atoms with van der Waals surface area (Å²) in [5.74, 6) is -1.09. The molecule has 5 heteroatoms. The Hall–Kier alpha value is -1.91. The normalized spacial score (nSPS) is 17.8. The molecule has 1 heterocycles. The molecule has 5 nitrogen and oxygen atoms in total. The van der Waals surface area contributed by atoms with Crippen LogP contribution in [0.25, 0.3) is 0 Å². The molecule has 0 atom stereocenters. The number of carbonyl (C=O) groups excluding carboxylic acids is 1. The Kier molecular flexibility index (Phi) is 4.94. The summed E-state index contributed by atoms with van der Waals surface area (Å²) in [5.41, 5.74) is 0.476. The topological polar surface area (TPSA) is 79.3 Å². The highest BCUT2D eigenvalue weighted by atomic mass is 16.4. The number of carboxylic acids is 1. The van der Waals surface area contributed by atoms with Gasteiger partial charge in [-0.2, -0.15) is 0 Å². The predicted octanol–water partition coefficient (Wildman–Crippen LogP) is 3.14. The molecule has 2 N–H and O–H groups in total. The molecule has 21 heavy (non-hydrogen) atoms. The molecule has 1 saturated carbocycles. The molecule has 0 bridgehead atoms. The van der Waals surface area contributed by atoms with Crippen LogP contribution in [0.5, 0.6) is 0 Å². The number of hydrogen-bond donors (Lipinski definition) is 2. The number of pyridine rings is 1. The predicted molar refractivity (Wildman–Crippen MR) is 80.0 cm³/mol. The van der Waals surface area contributed by atoms with E-state index in [0.717, 1.165) is 31.4 Å². The number of carboxylic acid groups (broad SMARTS) is 1. The van der Waals surface area contributed by atoms with Gasteiger partial charge >= 0.3 is 5.97 Å². The Morgan fingerprint density at radius 2 is 1.95 bits per heavy atom. The van der Waals surface area contributed by atoms with Gasteiger partial charge in [0.15, 0.2) is 0 Å². The van der Waals surface area contributed by atoms with Gasteiger partial charge in [-0.15, -0.1) is 0 Å². The van der Waals surface area contributed by atoms with Crippen molar-refractivity contribution in [2.75, 3.05) is 5.32 Å². The molecular formula is C16H22N2O3. The highest BCUT2D eigenvalue weighted by Crippen LogP contribution is 2.38. The maximum Gasteiger partial charge on any atom is 0.310 e. The number of carbonyl (C=O) groups is 2. The van der Waals surface area contributed by atoms with E-state index >= 15 is 0 Å². The van der Waals surface area contributed by atoms with Crippen LogP contribution < -0.4 is 5.32 Å². The van der Waals surface area contributed by atoms with Gasteiger partial charge in [0.05, 0.1) is 16.8 Å². The van der Waals surface area contributed by atoms with Crippen LogP contribution in [0.2, 0.25) is 0 Å². The number of rotatable bonds is 4. The van der Waals surface area contributed by atoms with Gasteiger partial charge in [-0.1, -0.05) is 25.7 Å². The van der Waals surface area contributed by atoms with E-state index in [2.05, 4.69) is 10.3 Å². The Bertz CT molecular complexity index is 520. The minimum absolute atomic E-state index is 0.0384. The number of aryl methyl sites for hydroxylation is 1. The average molecular weight is 290 g/mol. The molecule has 0 spiro atoms. The Morgan fingerprint density at radius 1 is 1.29 bits per heavy atom. The summed E-state index contributed by atoms with van der Waals surface area (Å²) in [6.45, 7) is 1.81. The molecular weight excluding hydrogens is 268 g/mol. The second kappa shape index (κ2) is 6.70. The fraction of sp³-hybridized carbons (Fsp3) is 0.562. The van der Waals surface area contributed by atoms with Crippen molar-refractivity contribution >= 4 is 17.6 Å². The molecule has 0 aromatic carbocycles. The molecule has 0 saturated heterocycles. The van der Waals surface area contributed by atoms with Crippen LogP contribution in [0.3, 0.4) is 0 Å². The van der Waals surface area contributed by atoms with Crippen molar-refractivity contribution in [3.05, 3.63) is 24.0 Å². The van der Waals surface area contributed by atoms with E-state index in [1.54, 1.807) is 18.3 Å². The second-order valence-electron chi connectivity index (χ2n) is 5.86. The first-order chi connectivity index (χ1) is 10.0. The van der Waals surface area contributed by atoms with E-state index in [1.807, 2.05) is 6.92 Å². The Morgan fingerprint density at radius 3 is 2.52 bits per heavy atom. The van der Waals surface area contributed by atoms with Gasteiger partial charge in [0.2, 0.25) is 5.91 Å².